The number of amides is 1. The van der Waals surface area contributed by atoms with Crippen LogP contribution >= 0.6 is 11.8 Å². The first-order chi connectivity index (χ1) is 10.3. The Hall–Kier alpha value is -1.00. The van der Waals surface area contributed by atoms with Gasteiger partial charge in [0.25, 0.3) is 0 Å². The standard InChI is InChI=1S/C17H26N2OS/c1-21-13-5-12-19-16(8-9-17(19)20)10-11-18-14-15-6-3-2-4-7-15/h2-4,6-7,16,18H,5,8-14H2,1H3/t16-/m1/s1. The third-order valence-corrected chi connectivity index (χ3v) is 4.72. The maximum absolute atomic E-state index is 11.9. The molecule has 3 nitrogen and oxygen atoms in total. The van der Waals surface area contributed by atoms with Gasteiger partial charge in [-0.3, -0.25) is 4.79 Å². The minimum absolute atomic E-state index is 0.351. The quantitative estimate of drug-likeness (QED) is 0.712. The highest BCUT2D eigenvalue weighted by Gasteiger charge is 2.29. The van der Waals surface area contributed by atoms with Gasteiger partial charge in [-0.2, -0.15) is 11.8 Å². The smallest absolute Gasteiger partial charge is 0.222 e. The molecule has 0 aromatic heterocycles. The molecule has 0 bridgehead atoms. The largest absolute Gasteiger partial charge is 0.340 e. The highest BCUT2D eigenvalue weighted by molar-refractivity contribution is 7.98. The molecule has 1 atom stereocenters. The lowest BCUT2D eigenvalue weighted by molar-refractivity contribution is -0.129. The predicted molar refractivity (Wildman–Crippen MR) is 90.5 cm³/mol. The van der Waals surface area contributed by atoms with Crippen molar-refractivity contribution >= 4 is 17.7 Å². The van der Waals surface area contributed by atoms with E-state index in [-0.39, 0.29) is 0 Å². The number of likely N-dealkylation sites (tertiary alicyclic amines) is 1. The summed E-state index contributed by atoms with van der Waals surface area (Å²) in [7, 11) is 0. The maximum atomic E-state index is 11.9. The number of carbonyl (C=O) groups excluding carboxylic acids is 1. The number of carbonyl (C=O) groups is 1. The molecule has 21 heavy (non-hydrogen) atoms. The Labute approximate surface area is 132 Å². The summed E-state index contributed by atoms with van der Waals surface area (Å²) in [6.07, 6.45) is 6.07. The molecule has 0 aliphatic carbocycles. The molecule has 4 heteroatoms. The van der Waals surface area contributed by atoms with Crippen LogP contribution in [-0.2, 0) is 11.3 Å². The van der Waals surface area contributed by atoms with E-state index in [9.17, 15) is 4.79 Å². The predicted octanol–water partition coefficient (Wildman–Crippen LogP) is 2.91. The number of rotatable bonds is 9. The van der Waals surface area contributed by atoms with Crippen molar-refractivity contribution in [2.24, 2.45) is 0 Å². The topological polar surface area (TPSA) is 32.3 Å². The van der Waals surface area contributed by atoms with Crippen molar-refractivity contribution in [2.45, 2.75) is 38.3 Å². The molecule has 1 fully saturated rings. The Kier molecular flexibility index (Phi) is 7.10. The Morgan fingerprint density at radius 2 is 2.14 bits per heavy atom. The van der Waals surface area contributed by atoms with Crippen LogP contribution in [0.3, 0.4) is 0 Å². The fourth-order valence-electron chi connectivity index (χ4n) is 2.88. The molecule has 0 unspecified atom stereocenters. The molecule has 1 aromatic carbocycles. The van der Waals surface area contributed by atoms with Gasteiger partial charge in [-0.1, -0.05) is 30.3 Å². The van der Waals surface area contributed by atoms with Gasteiger partial charge in [0.05, 0.1) is 0 Å². The first-order valence-electron chi connectivity index (χ1n) is 7.84. The molecule has 1 aliphatic heterocycles. The van der Waals surface area contributed by atoms with E-state index in [1.54, 1.807) is 0 Å². The van der Waals surface area contributed by atoms with E-state index in [4.69, 9.17) is 0 Å². The number of nitrogens with zero attached hydrogens (tertiary/aromatic N) is 1. The summed E-state index contributed by atoms with van der Waals surface area (Å²) >= 11 is 1.86. The van der Waals surface area contributed by atoms with E-state index in [1.165, 1.54) is 5.56 Å². The molecule has 1 saturated heterocycles. The molecule has 116 valence electrons. The van der Waals surface area contributed by atoms with Gasteiger partial charge in [0.2, 0.25) is 5.91 Å². The van der Waals surface area contributed by atoms with Crippen molar-refractivity contribution < 1.29 is 4.79 Å². The molecule has 1 N–H and O–H groups in total. The first kappa shape index (κ1) is 16.4. The minimum atomic E-state index is 0.351. The van der Waals surface area contributed by atoms with Crippen LogP contribution in [0.4, 0.5) is 0 Å². The fourth-order valence-corrected chi connectivity index (χ4v) is 3.29. The Morgan fingerprint density at radius 1 is 1.33 bits per heavy atom. The lowest BCUT2D eigenvalue weighted by Gasteiger charge is -2.25. The molecule has 1 amide bonds. The average Bonchev–Trinajstić information content (AvgIpc) is 2.86. The van der Waals surface area contributed by atoms with Crippen LogP contribution in [0.15, 0.2) is 30.3 Å². The maximum Gasteiger partial charge on any atom is 0.222 e. The number of hydrogen-bond donors (Lipinski definition) is 1. The molecule has 1 heterocycles. The van der Waals surface area contributed by atoms with Crippen molar-refractivity contribution in [2.75, 3.05) is 25.1 Å². The highest BCUT2D eigenvalue weighted by atomic mass is 32.2. The number of benzene rings is 1. The van der Waals surface area contributed by atoms with Crippen LogP contribution in [0.25, 0.3) is 0 Å². The second-order valence-electron chi connectivity index (χ2n) is 5.58. The molecular weight excluding hydrogens is 280 g/mol. The van der Waals surface area contributed by atoms with Crippen LogP contribution in [0.1, 0.15) is 31.2 Å². The van der Waals surface area contributed by atoms with Gasteiger partial charge in [-0.15, -0.1) is 0 Å². The molecule has 1 aliphatic rings. The van der Waals surface area contributed by atoms with E-state index in [1.807, 2.05) is 17.8 Å². The summed E-state index contributed by atoms with van der Waals surface area (Å²) in [6, 6.07) is 10.9. The zero-order chi connectivity index (χ0) is 14.9. The summed E-state index contributed by atoms with van der Waals surface area (Å²) in [6.45, 7) is 2.82. The van der Waals surface area contributed by atoms with Crippen molar-refractivity contribution in [1.29, 1.82) is 0 Å². The SMILES string of the molecule is CSCCCN1C(=O)CC[C@@H]1CCNCc1ccccc1. The van der Waals surface area contributed by atoms with E-state index >= 15 is 0 Å². The zero-order valence-electron chi connectivity index (χ0n) is 12.9. The van der Waals surface area contributed by atoms with Crippen molar-refractivity contribution in [3.05, 3.63) is 35.9 Å². The summed E-state index contributed by atoms with van der Waals surface area (Å²) in [5.41, 5.74) is 1.32. The van der Waals surface area contributed by atoms with E-state index in [2.05, 4.69) is 40.7 Å². The van der Waals surface area contributed by atoms with Gasteiger partial charge in [-0.25, -0.2) is 0 Å². The van der Waals surface area contributed by atoms with Gasteiger partial charge in [0.1, 0.15) is 0 Å². The Balaban J connectivity index is 1.67. The Bertz CT molecular complexity index is 424. The second kappa shape index (κ2) is 9.11. The van der Waals surface area contributed by atoms with Crippen LogP contribution in [0.2, 0.25) is 0 Å². The molecule has 0 saturated carbocycles. The van der Waals surface area contributed by atoms with Crippen molar-refractivity contribution in [1.82, 2.24) is 10.2 Å². The monoisotopic (exact) mass is 306 g/mol. The van der Waals surface area contributed by atoms with Crippen molar-refractivity contribution in [3.8, 4) is 0 Å². The van der Waals surface area contributed by atoms with Crippen LogP contribution in [-0.4, -0.2) is 41.9 Å². The van der Waals surface area contributed by atoms with Gasteiger partial charge >= 0.3 is 0 Å². The third-order valence-electron chi connectivity index (χ3n) is 4.03. The van der Waals surface area contributed by atoms with Crippen molar-refractivity contribution in [3.63, 3.8) is 0 Å². The number of nitrogens with one attached hydrogen (secondary N) is 1. The first-order valence-corrected chi connectivity index (χ1v) is 9.23. The minimum Gasteiger partial charge on any atom is -0.340 e. The third kappa shape index (κ3) is 5.36. The van der Waals surface area contributed by atoms with Crippen LogP contribution in [0.5, 0.6) is 0 Å². The summed E-state index contributed by atoms with van der Waals surface area (Å²) in [5.74, 6) is 1.49. The highest BCUT2D eigenvalue weighted by Crippen LogP contribution is 2.21. The van der Waals surface area contributed by atoms with E-state index < -0.39 is 0 Å². The van der Waals surface area contributed by atoms with Gasteiger partial charge in [-0.05, 0) is 43.4 Å². The van der Waals surface area contributed by atoms with Gasteiger partial charge in [0.15, 0.2) is 0 Å². The zero-order valence-corrected chi connectivity index (χ0v) is 13.7. The van der Waals surface area contributed by atoms with Crippen LogP contribution < -0.4 is 5.32 Å². The summed E-state index contributed by atoms with van der Waals surface area (Å²) in [4.78, 5) is 14.0. The lowest BCUT2D eigenvalue weighted by atomic mass is 10.1. The molecule has 0 radical (unpaired) electrons. The normalized spacial score (nSPS) is 18.4. The summed E-state index contributed by atoms with van der Waals surface area (Å²) in [5, 5.41) is 3.49. The lowest BCUT2D eigenvalue weighted by Crippen LogP contribution is -2.36. The number of hydrogen-bond acceptors (Lipinski definition) is 3. The van der Waals surface area contributed by atoms with Gasteiger partial charge in [0, 0.05) is 25.6 Å². The summed E-state index contributed by atoms with van der Waals surface area (Å²) < 4.78 is 0. The average molecular weight is 306 g/mol. The van der Waals surface area contributed by atoms with Gasteiger partial charge < -0.3 is 10.2 Å². The van der Waals surface area contributed by atoms with E-state index in [0.717, 1.165) is 51.1 Å². The molecule has 0 spiro atoms. The fraction of sp³-hybridized carbons (Fsp3) is 0.588. The molecule has 1 aromatic rings. The second-order valence-corrected chi connectivity index (χ2v) is 6.56. The van der Waals surface area contributed by atoms with Crippen LogP contribution in [0, 0.1) is 0 Å². The molecular formula is C17H26N2OS. The van der Waals surface area contributed by atoms with E-state index in [0.29, 0.717) is 11.9 Å². The Morgan fingerprint density at radius 3 is 2.90 bits per heavy atom. The molecule has 2 rings (SSSR count). The number of thioether (sulfide) groups is 1.